The zero-order chi connectivity index (χ0) is 11.4. The van der Waals surface area contributed by atoms with Crippen LogP contribution in [-0.4, -0.2) is 25.8 Å². The summed E-state index contributed by atoms with van der Waals surface area (Å²) in [7, 11) is 0. The first-order valence-corrected chi connectivity index (χ1v) is 5.76. The van der Waals surface area contributed by atoms with Crippen LogP contribution in [0.5, 0.6) is 0 Å². The van der Waals surface area contributed by atoms with Crippen LogP contribution in [0.4, 0.5) is 0 Å². The molecule has 1 aliphatic heterocycles. The molecular weight excluding hydrogens is 202 g/mol. The molecule has 0 aliphatic carbocycles. The highest BCUT2D eigenvalue weighted by Crippen LogP contribution is 2.28. The molecule has 3 heteroatoms. The van der Waals surface area contributed by atoms with E-state index in [1.165, 1.54) is 5.56 Å². The number of hydrogen-bond donors (Lipinski definition) is 1. The largest absolute Gasteiger partial charge is 0.472 e. The van der Waals surface area contributed by atoms with Gasteiger partial charge >= 0.3 is 0 Å². The fourth-order valence-electron chi connectivity index (χ4n) is 2.12. The van der Waals surface area contributed by atoms with Gasteiger partial charge in [0.05, 0.1) is 25.2 Å². The van der Waals surface area contributed by atoms with E-state index in [1.807, 2.05) is 19.3 Å². The van der Waals surface area contributed by atoms with Crippen LogP contribution in [0.2, 0.25) is 0 Å². The number of furan rings is 1. The third-order valence-electron chi connectivity index (χ3n) is 2.94. The topological polar surface area (TPSA) is 34.4 Å². The summed E-state index contributed by atoms with van der Waals surface area (Å²) in [6, 6.07) is 2.03. The Morgan fingerprint density at radius 1 is 1.69 bits per heavy atom. The molecule has 1 N–H and O–H groups in total. The maximum absolute atomic E-state index is 5.88. The zero-order valence-corrected chi connectivity index (χ0v) is 9.74. The van der Waals surface area contributed by atoms with Gasteiger partial charge in [-0.1, -0.05) is 12.2 Å². The second kappa shape index (κ2) is 5.32. The van der Waals surface area contributed by atoms with E-state index in [4.69, 9.17) is 9.15 Å². The van der Waals surface area contributed by atoms with Gasteiger partial charge in [-0.2, -0.15) is 0 Å². The first-order chi connectivity index (χ1) is 7.77. The highest BCUT2D eigenvalue weighted by atomic mass is 16.5. The Bertz CT molecular complexity index is 332. The minimum Gasteiger partial charge on any atom is -0.472 e. The van der Waals surface area contributed by atoms with Gasteiger partial charge in [-0.05, 0) is 31.5 Å². The zero-order valence-electron chi connectivity index (χ0n) is 9.74. The molecule has 1 saturated heterocycles. The summed E-state index contributed by atoms with van der Waals surface area (Å²) in [5.41, 5.74) is 2.31. The minimum atomic E-state index is 0.225. The average Bonchev–Trinajstić information content (AvgIpc) is 2.80. The van der Waals surface area contributed by atoms with Crippen molar-refractivity contribution in [1.29, 1.82) is 0 Å². The molecule has 0 amide bonds. The Kier molecular flexibility index (Phi) is 3.80. The number of ether oxygens (including phenoxy) is 1. The first-order valence-electron chi connectivity index (χ1n) is 5.76. The third kappa shape index (κ3) is 2.74. The maximum Gasteiger partial charge on any atom is 0.0938 e. The molecule has 0 bridgehead atoms. The van der Waals surface area contributed by atoms with Crippen LogP contribution in [0.25, 0.3) is 0 Å². The standard InChI is InChI=1S/C13H19NO2/c1-10(2)8-16-13-7-14-5-3-12(13)11-4-6-15-9-11/h4,6,9,12-14H,1,3,5,7-8H2,2H3/t12-,13-/m0/s1. The van der Waals surface area contributed by atoms with Crippen LogP contribution < -0.4 is 5.32 Å². The van der Waals surface area contributed by atoms with E-state index in [0.717, 1.165) is 25.1 Å². The van der Waals surface area contributed by atoms with Gasteiger partial charge in [-0.15, -0.1) is 0 Å². The van der Waals surface area contributed by atoms with Crippen molar-refractivity contribution in [3.05, 3.63) is 36.3 Å². The van der Waals surface area contributed by atoms with Crippen molar-refractivity contribution in [2.75, 3.05) is 19.7 Å². The highest BCUT2D eigenvalue weighted by Gasteiger charge is 2.27. The summed E-state index contributed by atoms with van der Waals surface area (Å²) in [5.74, 6) is 0.444. The smallest absolute Gasteiger partial charge is 0.0938 e. The molecule has 0 spiro atoms. The monoisotopic (exact) mass is 221 g/mol. The number of piperidine rings is 1. The lowest BCUT2D eigenvalue weighted by atomic mass is 9.89. The summed E-state index contributed by atoms with van der Waals surface area (Å²) in [5, 5.41) is 3.37. The Morgan fingerprint density at radius 3 is 3.25 bits per heavy atom. The molecule has 2 heterocycles. The Hall–Kier alpha value is -1.06. The van der Waals surface area contributed by atoms with E-state index >= 15 is 0 Å². The molecule has 2 atom stereocenters. The van der Waals surface area contributed by atoms with Gasteiger partial charge in [0.25, 0.3) is 0 Å². The number of hydrogen-bond acceptors (Lipinski definition) is 3. The van der Waals surface area contributed by atoms with E-state index < -0.39 is 0 Å². The van der Waals surface area contributed by atoms with Crippen LogP contribution in [0.1, 0.15) is 24.8 Å². The third-order valence-corrected chi connectivity index (χ3v) is 2.94. The summed E-state index contributed by atoms with van der Waals surface area (Å²) in [6.45, 7) is 8.44. The normalized spacial score (nSPS) is 25.6. The molecule has 1 aromatic rings. The number of rotatable bonds is 4. The van der Waals surface area contributed by atoms with Crippen LogP contribution >= 0.6 is 0 Å². The van der Waals surface area contributed by atoms with Crippen molar-refractivity contribution in [2.45, 2.75) is 25.4 Å². The van der Waals surface area contributed by atoms with E-state index in [9.17, 15) is 0 Å². The summed E-state index contributed by atoms with van der Waals surface area (Å²) >= 11 is 0. The molecule has 16 heavy (non-hydrogen) atoms. The van der Waals surface area contributed by atoms with Crippen molar-refractivity contribution in [1.82, 2.24) is 5.32 Å². The molecule has 1 aliphatic rings. The first kappa shape index (κ1) is 11.4. The fourth-order valence-corrected chi connectivity index (χ4v) is 2.12. The second-order valence-corrected chi connectivity index (χ2v) is 4.46. The molecule has 2 rings (SSSR count). The van der Waals surface area contributed by atoms with Crippen molar-refractivity contribution in [3.8, 4) is 0 Å². The molecule has 0 unspecified atom stereocenters. The molecular formula is C13H19NO2. The van der Waals surface area contributed by atoms with Crippen molar-refractivity contribution < 1.29 is 9.15 Å². The maximum atomic E-state index is 5.88. The summed E-state index contributed by atoms with van der Waals surface area (Å²) < 4.78 is 11.0. The van der Waals surface area contributed by atoms with Crippen molar-refractivity contribution >= 4 is 0 Å². The summed E-state index contributed by atoms with van der Waals surface area (Å²) in [6.07, 6.45) is 4.88. The molecule has 1 aromatic heterocycles. The van der Waals surface area contributed by atoms with Gasteiger partial charge in [0.1, 0.15) is 0 Å². The molecule has 0 radical (unpaired) electrons. The van der Waals surface area contributed by atoms with Gasteiger partial charge in [-0.25, -0.2) is 0 Å². The quantitative estimate of drug-likeness (QED) is 0.792. The predicted molar refractivity (Wildman–Crippen MR) is 63.5 cm³/mol. The Morgan fingerprint density at radius 2 is 2.56 bits per heavy atom. The van der Waals surface area contributed by atoms with E-state index in [-0.39, 0.29) is 6.10 Å². The molecule has 0 aromatic carbocycles. The predicted octanol–water partition coefficient (Wildman–Crippen LogP) is 2.32. The Labute approximate surface area is 96.5 Å². The lowest BCUT2D eigenvalue weighted by Gasteiger charge is -2.31. The van der Waals surface area contributed by atoms with Crippen molar-refractivity contribution in [3.63, 3.8) is 0 Å². The van der Waals surface area contributed by atoms with E-state index in [1.54, 1.807) is 6.26 Å². The van der Waals surface area contributed by atoms with E-state index in [2.05, 4.69) is 11.9 Å². The molecule has 3 nitrogen and oxygen atoms in total. The van der Waals surface area contributed by atoms with E-state index in [0.29, 0.717) is 12.5 Å². The average molecular weight is 221 g/mol. The fraction of sp³-hybridized carbons (Fsp3) is 0.538. The second-order valence-electron chi connectivity index (χ2n) is 4.46. The van der Waals surface area contributed by atoms with Gasteiger partial charge in [-0.3, -0.25) is 0 Å². The van der Waals surface area contributed by atoms with Gasteiger partial charge in [0, 0.05) is 12.5 Å². The Balaban J connectivity index is 2.00. The van der Waals surface area contributed by atoms with Gasteiger partial charge in [0.15, 0.2) is 0 Å². The van der Waals surface area contributed by atoms with Crippen molar-refractivity contribution in [2.24, 2.45) is 0 Å². The molecule has 1 fully saturated rings. The van der Waals surface area contributed by atoms with Gasteiger partial charge in [0.2, 0.25) is 0 Å². The van der Waals surface area contributed by atoms with Crippen LogP contribution in [0, 0.1) is 0 Å². The lowest BCUT2D eigenvalue weighted by molar-refractivity contribution is 0.0355. The number of nitrogens with one attached hydrogen (secondary N) is 1. The molecule has 0 saturated carbocycles. The van der Waals surface area contributed by atoms with Crippen LogP contribution in [-0.2, 0) is 4.74 Å². The highest BCUT2D eigenvalue weighted by molar-refractivity contribution is 5.16. The minimum absolute atomic E-state index is 0.225. The summed E-state index contributed by atoms with van der Waals surface area (Å²) in [4.78, 5) is 0. The van der Waals surface area contributed by atoms with Crippen LogP contribution in [0.3, 0.4) is 0 Å². The molecule has 88 valence electrons. The SMILES string of the molecule is C=C(C)CO[C@H]1CNCC[C@H]1c1ccoc1. The van der Waals surface area contributed by atoms with Gasteiger partial charge < -0.3 is 14.5 Å². The lowest BCUT2D eigenvalue weighted by Crippen LogP contribution is -2.41. The van der Waals surface area contributed by atoms with Crippen LogP contribution in [0.15, 0.2) is 35.2 Å².